The van der Waals surface area contributed by atoms with Crippen LogP contribution >= 0.6 is 0 Å². The summed E-state index contributed by atoms with van der Waals surface area (Å²) in [5, 5.41) is 3.60. The highest BCUT2D eigenvalue weighted by Gasteiger charge is 2.36. The SMILES string of the molecule is CCNC1CCC(C)(c2ccc3c(c2)CCO3)C1. The summed E-state index contributed by atoms with van der Waals surface area (Å²) in [5.41, 5.74) is 3.26. The Morgan fingerprint density at radius 3 is 3.17 bits per heavy atom. The molecule has 1 aromatic carbocycles. The van der Waals surface area contributed by atoms with Gasteiger partial charge < -0.3 is 10.1 Å². The maximum atomic E-state index is 5.60. The van der Waals surface area contributed by atoms with Crippen molar-refractivity contribution in [1.29, 1.82) is 0 Å². The van der Waals surface area contributed by atoms with Gasteiger partial charge in [-0.25, -0.2) is 0 Å². The molecule has 98 valence electrons. The Labute approximate surface area is 110 Å². The van der Waals surface area contributed by atoms with Gasteiger partial charge in [0.15, 0.2) is 0 Å². The molecule has 2 heteroatoms. The Morgan fingerprint density at radius 2 is 2.33 bits per heavy atom. The van der Waals surface area contributed by atoms with Crippen molar-refractivity contribution in [1.82, 2.24) is 5.32 Å². The second-order valence-corrected chi connectivity index (χ2v) is 5.98. The Balaban J connectivity index is 1.82. The Kier molecular flexibility index (Phi) is 3.06. The number of rotatable bonds is 3. The maximum absolute atomic E-state index is 5.60. The second-order valence-electron chi connectivity index (χ2n) is 5.98. The molecule has 2 atom stereocenters. The average Bonchev–Trinajstić information content (AvgIpc) is 2.96. The van der Waals surface area contributed by atoms with E-state index in [1.165, 1.54) is 30.4 Å². The fraction of sp³-hybridized carbons (Fsp3) is 0.625. The molecule has 3 rings (SSSR count). The van der Waals surface area contributed by atoms with Crippen molar-refractivity contribution in [2.75, 3.05) is 13.2 Å². The lowest BCUT2D eigenvalue weighted by atomic mass is 9.80. The highest BCUT2D eigenvalue weighted by molar-refractivity contribution is 5.42. The molecule has 18 heavy (non-hydrogen) atoms. The summed E-state index contributed by atoms with van der Waals surface area (Å²) in [4.78, 5) is 0. The largest absolute Gasteiger partial charge is 0.493 e. The van der Waals surface area contributed by atoms with Crippen LogP contribution in [0.3, 0.4) is 0 Å². The third-order valence-corrected chi connectivity index (χ3v) is 4.62. The molecule has 0 spiro atoms. The predicted octanol–water partition coefficient (Wildman–Crippen LogP) is 3.04. The highest BCUT2D eigenvalue weighted by atomic mass is 16.5. The van der Waals surface area contributed by atoms with Crippen LogP contribution in [0.4, 0.5) is 0 Å². The molecule has 1 fully saturated rings. The molecule has 1 heterocycles. The lowest BCUT2D eigenvalue weighted by Crippen LogP contribution is -2.28. The Morgan fingerprint density at radius 1 is 1.44 bits per heavy atom. The topological polar surface area (TPSA) is 21.3 Å². The first-order chi connectivity index (χ1) is 8.71. The van der Waals surface area contributed by atoms with E-state index < -0.39 is 0 Å². The fourth-order valence-corrected chi connectivity index (χ4v) is 3.53. The van der Waals surface area contributed by atoms with Crippen LogP contribution in [0.25, 0.3) is 0 Å². The number of nitrogens with one attached hydrogen (secondary N) is 1. The Bertz CT molecular complexity index is 443. The van der Waals surface area contributed by atoms with Gasteiger partial charge in [-0.2, -0.15) is 0 Å². The van der Waals surface area contributed by atoms with Crippen molar-refractivity contribution in [3.05, 3.63) is 29.3 Å². The van der Waals surface area contributed by atoms with E-state index in [1.54, 1.807) is 0 Å². The molecule has 0 bridgehead atoms. The lowest BCUT2D eigenvalue weighted by molar-refractivity contribution is 0.356. The number of ether oxygens (including phenoxy) is 1. The van der Waals surface area contributed by atoms with E-state index in [-0.39, 0.29) is 0 Å². The van der Waals surface area contributed by atoms with Gasteiger partial charge in [0.2, 0.25) is 0 Å². The van der Waals surface area contributed by atoms with Crippen molar-refractivity contribution in [3.63, 3.8) is 0 Å². The van der Waals surface area contributed by atoms with Crippen molar-refractivity contribution in [3.8, 4) is 5.75 Å². The van der Waals surface area contributed by atoms with Crippen molar-refractivity contribution in [2.24, 2.45) is 0 Å². The molecule has 1 aromatic rings. The van der Waals surface area contributed by atoms with Gasteiger partial charge in [-0.15, -0.1) is 0 Å². The Hall–Kier alpha value is -1.02. The third kappa shape index (κ3) is 2.03. The maximum Gasteiger partial charge on any atom is 0.122 e. The van der Waals surface area contributed by atoms with Gasteiger partial charge in [0.25, 0.3) is 0 Å². The summed E-state index contributed by atoms with van der Waals surface area (Å²) in [6.45, 7) is 6.55. The van der Waals surface area contributed by atoms with E-state index in [0.717, 1.165) is 25.3 Å². The number of benzene rings is 1. The zero-order valence-electron chi connectivity index (χ0n) is 11.5. The van der Waals surface area contributed by atoms with Crippen molar-refractivity contribution < 1.29 is 4.74 Å². The monoisotopic (exact) mass is 245 g/mol. The first-order valence-electron chi connectivity index (χ1n) is 7.21. The van der Waals surface area contributed by atoms with Gasteiger partial charge in [-0.1, -0.05) is 26.0 Å². The van der Waals surface area contributed by atoms with E-state index in [0.29, 0.717) is 11.5 Å². The summed E-state index contributed by atoms with van der Waals surface area (Å²) in [5.74, 6) is 1.10. The summed E-state index contributed by atoms with van der Waals surface area (Å²) < 4.78 is 5.60. The molecule has 1 saturated carbocycles. The van der Waals surface area contributed by atoms with Gasteiger partial charge in [0.1, 0.15) is 5.75 Å². The quantitative estimate of drug-likeness (QED) is 0.883. The van der Waals surface area contributed by atoms with Crippen LogP contribution in [0, 0.1) is 0 Å². The van der Waals surface area contributed by atoms with Crippen LogP contribution in [-0.2, 0) is 11.8 Å². The summed E-state index contributed by atoms with van der Waals surface area (Å²) >= 11 is 0. The third-order valence-electron chi connectivity index (χ3n) is 4.62. The number of hydrogen-bond acceptors (Lipinski definition) is 2. The standard InChI is InChI=1S/C16H23NO/c1-3-17-14-6-8-16(2,11-14)13-4-5-15-12(10-13)7-9-18-15/h4-5,10,14,17H,3,6-9,11H2,1-2H3. The molecular formula is C16H23NO. The van der Waals surface area contributed by atoms with E-state index in [1.807, 2.05) is 0 Å². The summed E-state index contributed by atoms with van der Waals surface area (Å²) in [6, 6.07) is 7.53. The van der Waals surface area contributed by atoms with E-state index in [9.17, 15) is 0 Å². The van der Waals surface area contributed by atoms with Gasteiger partial charge >= 0.3 is 0 Å². The lowest BCUT2D eigenvalue weighted by Gasteiger charge is -2.25. The van der Waals surface area contributed by atoms with Gasteiger partial charge in [0, 0.05) is 12.5 Å². The number of hydrogen-bond donors (Lipinski definition) is 1. The van der Waals surface area contributed by atoms with Crippen LogP contribution in [-0.4, -0.2) is 19.2 Å². The van der Waals surface area contributed by atoms with E-state index >= 15 is 0 Å². The van der Waals surface area contributed by atoms with E-state index in [4.69, 9.17) is 4.74 Å². The summed E-state index contributed by atoms with van der Waals surface area (Å²) in [7, 11) is 0. The molecule has 1 N–H and O–H groups in total. The predicted molar refractivity (Wildman–Crippen MR) is 74.3 cm³/mol. The van der Waals surface area contributed by atoms with Crippen molar-refractivity contribution in [2.45, 2.75) is 51.0 Å². The molecule has 0 saturated heterocycles. The normalized spacial score (nSPS) is 30.2. The van der Waals surface area contributed by atoms with Crippen LogP contribution in [0.15, 0.2) is 18.2 Å². The minimum atomic E-state index is 0.352. The van der Waals surface area contributed by atoms with Crippen LogP contribution < -0.4 is 10.1 Å². The van der Waals surface area contributed by atoms with Gasteiger partial charge in [-0.05, 0) is 48.4 Å². The smallest absolute Gasteiger partial charge is 0.122 e. The number of fused-ring (bicyclic) bond motifs is 1. The first kappa shape index (κ1) is 12.0. The second kappa shape index (κ2) is 4.58. The summed E-state index contributed by atoms with van der Waals surface area (Å²) in [6.07, 6.45) is 4.94. The van der Waals surface area contributed by atoms with Crippen LogP contribution in [0.5, 0.6) is 5.75 Å². The molecule has 1 aliphatic heterocycles. The molecule has 2 unspecified atom stereocenters. The zero-order valence-corrected chi connectivity index (χ0v) is 11.5. The minimum Gasteiger partial charge on any atom is -0.493 e. The molecule has 0 aromatic heterocycles. The average molecular weight is 245 g/mol. The molecule has 2 aliphatic rings. The molecule has 0 radical (unpaired) electrons. The zero-order chi connectivity index (χ0) is 12.6. The van der Waals surface area contributed by atoms with Crippen LogP contribution in [0.2, 0.25) is 0 Å². The van der Waals surface area contributed by atoms with Gasteiger partial charge in [0.05, 0.1) is 6.61 Å². The van der Waals surface area contributed by atoms with Gasteiger partial charge in [-0.3, -0.25) is 0 Å². The van der Waals surface area contributed by atoms with E-state index in [2.05, 4.69) is 37.4 Å². The molecule has 2 nitrogen and oxygen atoms in total. The highest BCUT2D eigenvalue weighted by Crippen LogP contribution is 2.42. The van der Waals surface area contributed by atoms with Crippen molar-refractivity contribution >= 4 is 0 Å². The first-order valence-corrected chi connectivity index (χ1v) is 7.21. The fourth-order valence-electron chi connectivity index (χ4n) is 3.53. The molecule has 1 aliphatic carbocycles. The molecule has 0 amide bonds. The minimum absolute atomic E-state index is 0.352. The molecular weight excluding hydrogens is 222 g/mol. The van der Waals surface area contributed by atoms with Crippen LogP contribution in [0.1, 0.15) is 44.2 Å².